The van der Waals surface area contributed by atoms with Gasteiger partial charge >= 0.3 is 0 Å². The molecule has 0 saturated carbocycles. The van der Waals surface area contributed by atoms with Gasteiger partial charge in [-0.1, -0.05) is 35.6 Å². The van der Waals surface area contributed by atoms with Crippen LogP contribution in [0, 0.1) is 25.7 Å². The Kier molecular flexibility index (Phi) is 4.54. The van der Waals surface area contributed by atoms with E-state index in [9.17, 15) is 0 Å². The summed E-state index contributed by atoms with van der Waals surface area (Å²) in [5.41, 5.74) is 4.99. The number of hydrogen-bond acceptors (Lipinski definition) is 5. The molecule has 0 unspecified atom stereocenters. The normalized spacial score (nSPS) is 12.5. The molecule has 1 aliphatic heterocycles. The zero-order valence-corrected chi connectivity index (χ0v) is 18.2. The number of benzene rings is 1. The summed E-state index contributed by atoms with van der Waals surface area (Å²) in [5, 5.41) is 14.5. The van der Waals surface area contributed by atoms with Gasteiger partial charge in [-0.3, -0.25) is 14.2 Å². The molecule has 0 N–H and O–H groups in total. The second kappa shape index (κ2) is 7.24. The highest BCUT2D eigenvalue weighted by atomic mass is 35.5. The molecule has 8 heteroatoms. The highest BCUT2D eigenvalue weighted by Gasteiger charge is 2.27. The first-order valence-corrected chi connectivity index (χ1v) is 10.6. The SMILES string of the molecule is Cc1c(C#Cc2cnn(C)c2)sc2c1C(c1ccc(Cl)cc1)=NCc1nnc(C)n1-2. The summed E-state index contributed by atoms with van der Waals surface area (Å²) in [6.45, 7) is 4.53. The number of fused-ring (bicyclic) bond motifs is 3. The van der Waals surface area contributed by atoms with Crippen LogP contribution in [0.3, 0.4) is 0 Å². The van der Waals surface area contributed by atoms with Crippen molar-refractivity contribution < 1.29 is 0 Å². The number of aliphatic imine (C=N–C) groups is 1. The van der Waals surface area contributed by atoms with Crippen LogP contribution in [-0.4, -0.2) is 30.3 Å². The van der Waals surface area contributed by atoms with Crippen LogP contribution in [0.1, 0.15) is 38.8 Å². The molecule has 0 saturated heterocycles. The number of thiophene rings is 1. The van der Waals surface area contributed by atoms with Crippen LogP contribution in [0.15, 0.2) is 41.7 Å². The molecule has 5 rings (SSSR count). The lowest BCUT2D eigenvalue weighted by molar-refractivity contribution is 0.767. The summed E-state index contributed by atoms with van der Waals surface area (Å²) in [6.07, 6.45) is 3.67. The van der Waals surface area contributed by atoms with E-state index >= 15 is 0 Å². The molecule has 0 spiro atoms. The average molecular weight is 433 g/mol. The molecule has 6 nitrogen and oxygen atoms in total. The first-order chi connectivity index (χ1) is 14.5. The van der Waals surface area contributed by atoms with Gasteiger partial charge in [0.15, 0.2) is 5.82 Å². The van der Waals surface area contributed by atoms with Gasteiger partial charge in [-0.2, -0.15) is 5.10 Å². The first kappa shape index (κ1) is 18.8. The van der Waals surface area contributed by atoms with Crippen molar-refractivity contribution in [3.05, 3.63) is 80.5 Å². The minimum Gasteiger partial charge on any atom is -0.276 e. The number of nitrogens with zero attached hydrogens (tertiary/aromatic N) is 6. The third-order valence-electron chi connectivity index (χ3n) is 4.98. The Balaban J connectivity index is 1.71. The van der Waals surface area contributed by atoms with Gasteiger partial charge in [0.2, 0.25) is 0 Å². The lowest BCUT2D eigenvalue weighted by atomic mass is 10.00. The van der Waals surface area contributed by atoms with Gasteiger partial charge in [0.25, 0.3) is 0 Å². The first-order valence-electron chi connectivity index (χ1n) is 9.37. The molecule has 1 aromatic carbocycles. The third kappa shape index (κ3) is 3.15. The lowest BCUT2D eigenvalue weighted by Gasteiger charge is -2.09. The van der Waals surface area contributed by atoms with Crippen molar-refractivity contribution in [2.24, 2.45) is 12.0 Å². The fourth-order valence-electron chi connectivity index (χ4n) is 3.51. The summed E-state index contributed by atoms with van der Waals surface area (Å²) >= 11 is 7.75. The molecule has 30 heavy (non-hydrogen) atoms. The van der Waals surface area contributed by atoms with Crippen molar-refractivity contribution in [2.45, 2.75) is 20.4 Å². The maximum atomic E-state index is 6.11. The number of aromatic nitrogens is 5. The van der Waals surface area contributed by atoms with Crippen molar-refractivity contribution in [1.29, 1.82) is 0 Å². The number of rotatable bonds is 1. The fourth-order valence-corrected chi connectivity index (χ4v) is 4.87. The zero-order valence-electron chi connectivity index (χ0n) is 16.6. The van der Waals surface area contributed by atoms with E-state index in [0.717, 1.165) is 49.5 Å². The van der Waals surface area contributed by atoms with E-state index < -0.39 is 0 Å². The Morgan fingerprint density at radius 1 is 1.10 bits per heavy atom. The lowest BCUT2D eigenvalue weighted by Crippen LogP contribution is -2.07. The Morgan fingerprint density at radius 2 is 1.90 bits per heavy atom. The molecular formula is C22H17ClN6S. The van der Waals surface area contributed by atoms with E-state index in [1.807, 2.05) is 44.4 Å². The van der Waals surface area contributed by atoms with Crippen molar-refractivity contribution in [1.82, 2.24) is 24.5 Å². The monoisotopic (exact) mass is 432 g/mol. The van der Waals surface area contributed by atoms with Crippen LogP contribution in [0.5, 0.6) is 0 Å². The van der Waals surface area contributed by atoms with Gasteiger partial charge in [0.05, 0.1) is 22.3 Å². The van der Waals surface area contributed by atoms with Crippen molar-refractivity contribution >= 4 is 28.6 Å². The molecule has 0 radical (unpaired) electrons. The number of halogens is 1. The van der Waals surface area contributed by atoms with Gasteiger partial charge in [0.1, 0.15) is 17.4 Å². The molecule has 3 aromatic heterocycles. The summed E-state index contributed by atoms with van der Waals surface area (Å²) in [7, 11) is 1.88. The van der Waals surface area contributed by atoms with Crippen molar-refractivity contribution in [3.8, 4) is 16.8 Å². The molecule has 1 aliphatic rings. The van der Waals surface area contributed by atoms with E-state index in [0.29, 0.717) is 11.6 Å². The van der Waals surface area contributed by atoms with Gasteiger partial charge in [-0.15, -0.1) is 21.5 Å². The zero-order chi connectivity index (χ0) is 20.8. The summed E-state index contributed by atoms with van der Waals surface area (Å²) in [6, 6.07) is 7.78. The largest absolute Gasteiger partial charge is 0.276 e. The Bertz CT molecular complexity index is 1360. The average Bonchev–Trinajstić information content (AvgIpc) is 3.37. The van der Waals surface area contributed by atoms with Crippen molar-refractivity contribution in [3.63, 3.8) is 0 Å². The van der Waals surface area contributed by atoms with Crippen LogP contribution in [0.25, 0.3) is 5.00 Å². The molecule has 0 bridgehead atoms. The summed E-state index contributed by atoms with van der Waals surface area (Å²) in [5.74, 6) is 8.21. The molecule has 0 aliphatic carbocycles. The van der Waals surface area contributed by atoms with Crippen LogP contribution in [0.4, 0.5) is 0 Å². The molecule has 0 amide bonds. The minimum atomic E-state index is 0.469. The molecule has 4 aromatic rings. The summed E-state index contributed by atoms with van der Waals surface area (Å²) in [4.78, 5) is 5.90. The van der Waals surface area contributed by atoms with E-state index in [4.69, 9.17) is 16.6 Å². The highest BCUT2D eigenvalue weighted by Crippen LogP contribution is 2.36. The predicted molar refractivity (Wildman–Crippen MR) is 119 cm³/mol. The molecule has 148 valence electrons. The Labute approximate surface area is 182 Å². The van der Waals surface area contributed by atoms with E-state index in [2.05, 4.69) is 38.6 Å². The topological polar surface area (TPSA) is 60.9 Å². The van der Waals surface area contributed by atoms with Gasteiger partial charge in [-0.05, 0) is 31.5 Å². The Hall–Kier alpha value is -3.21. The maximum absolute atomic E-state index is 6.11. The van der Waals surface area contributed by atoms with Crippen LogP contribution < -0.4 is 0 Å². The Morgan fingerprint density at radius 3 is 2.63 bits per heavy atom. The standard InChI is InChI=1S/C22H17ClN6S/c1-13-18(9-4-15-10-25-28(3)12-15)30-22-20(13)21(16-5-7-17(23)8-6-16)24-11-19-27-26-14(2)29(19)22/h5-8,10,12H,11H2,1-3H3. The van der Waals surface area contributed by atoms with Crippen LogP contribution >= 0.6 is 22.9 Å². The molecule has 4 heterocycles. The van der Waals surface area contributed by atoms with Crippen LogP contribution in [-0.2, 0) is 13.6 Å². The van der Waals surface area contributed by atoms with Gasteiger partial charge in [-0.25, -0.2) is 0 Å². The van der Waals surface area contributed by atoms with Gasteiger partial charge < -0.3 is 0 Å². The van der Waals surface area contributed by atoms with E-state index in [1.165, 1.54) is 0 Å². The quantitative estimate of drug-likeness (QED) is 0.426. The summed E-state index contributed by atoms with van der Waals surface area (Å²) < 4.78 is 3.84. The minimum absolute atomic E-state index is 0.469. The molecule has 0 atom stereocenters. The van der Waals surface area contributed by atoms with Gasteiger partial charge in [0, 0.05) is 29.4 Å². The number of aryl methyl sites for hydroxylation is 2. The predicted octanol–water partition coefficient (Wildman–Crippen LogP) is 4.08. The number of hydrogen-bond donors (Lipinski definition) is 0. The van der Waals surface area contributed by atoms with E-state index in [-0.39, 0.29) is 0 Å². The molecular weight excluding hydrogens is 416 g/mol. The smallest absolute Gasteiger partial charge is 0.160 e. The second-order valence-electron chi connectivity index (χ2n) is 7.06. The highest BCUT2D eigenvalue weighted by molar-refractivity contribution is 7.15. The maximum Gasteiger partial charge on any atom is 0.160 e. The third-order valence-corrected chi connectivity index (χ3v) is 6.43. The van der Waals surface area contributed by atoms with Crippen molar-refractivity contribution in [2.75, 3.05) is 0 Å². The second-order valence-corrected chi connectivity index (χ2v) is 8.50. The van der Waals surface area contributed by atoms with E-state index in [1.54, 1.807) is 22.2 Å². The fraction of sp³-hybridized carbons (Fsp3) is 0.182. The van der Waals surface area contributed by atoms with Crippen LogP contribution in [0.2, 0.25) is 5.02 Å². The molecule has 0 fully saturated rings.